The second kappa shape index (κ2) is 7.32. The molecule has 4 aromatic rings. The van der Waals surface area contributed by atoms with Crippen molar-refractivity contribution in [1.29, 1.82) is 0 Å². The highest BCUT2D eigenvalue weighted by Crippen LogP contribution is 2.25. The Balaban J connectivity index is 1.52. The van der Waals surface area contributed by atoms with Crippen LogP contribution in [-0.4, -0.2) is 44.1 Å². The van der Waals surface area contributed by atoms with E-state index in [1.807, 2.05) is 45.9 Å². The van der Waals surface area contributed by atoms with Gasteiger partial charge in [-0.05, 0) is 49.4 Å². The number of nitrogens with one attached hydrogen (secondary N) is 2. The SMILES string of the molecule is c1nn2cc1Nc1ncc3ccc(n3n1)-c1ccc(cc1)OCCNCCC2. The van der Waals surface area contributed by atoms with Crippen LogP contribution in [0.2, 0.25) is 0 Å². The molecule has 2 N–H and O–H groups in total. The first-order chi connectivity index (χ1) is 13.8. The Kier molecular flexibility index (Phi) is 4.38. The fraction of sp³-hybridized carbons (Fsp3) is 0.250. The lowest BCUT2D eigenvalue weighted by atomic mass is 10.1. The molecule has 2 aliphatic rings. The first-order valence-corrected chi connectivity index (χ1v) is 9.43. The molecule has 1 aromatic carbocycles. The molecule has 0 radical (unpaired) electrons. The molecule has 8 heteroatoms. The van der Waals surface area contributed by atoms with E-state index in [2.05, 4.69) is 37.9 Å². The normalized spacial score (nSPS) is 14.9. The number of ether oxygens (including phenoxy) is 1. The summed E-state index contributed by atoms with van der Waals surface area (Å²) in [4.78, 5) is 4.42. The minimum absolute atomic E-state index is 0.532. The van der Waals surface area contributed by atoms with Gasteiger partial charge in [-0.2, -0.15) is 5.10 Å². The summed E-state index contributed by atoms with van der Waals surface area (Å²) in [5.74, 6) is 1.40. The number of aromatic nitrogens is 5. The number of nitrogens with zero attached hydrogens (tertiary/aromatic N) is 5. The number of aryl methyl sites for hydroxylation is 1. The largest absolute Gasteiger partial charge is 0.492 e. The minimum Gasteiger partial charge on any atom is -0.492 e. The fourth-order valence-corrected chi connectivity index (χ4v) is 3.31. The van der Waals surface area contributed by atoms with Crippen molar-refractivity contribution in [2.45, 2.75) is 13.0 Å². The number of hydrogen-bond donors (Lipinski definition) is 2. The average molecular weight is 375 g/mol. The molecule has 3 aromatic heterocycles. The van der Waals surface area contributed by atoms with Gasteiger partial charge < -0.3 is 15.4 Å². The minimum atomic E-state index is 0.532. The molecule has 142 valence electrons. The van der Waals surface area contributed by atoms with Crippen LogP contribution in [0.5, 0.6) is 5.75 Å². The topological polar surface area (TPSA) is 81.3 Å². The monoisotopic (exact) mass is 375 g/mol. The summed E-state index contributed by atoms with van der Waals surface area (Å²) < 4.78 is 9.64. The third-order valence-electron chi connectivity index (χ3n) is 4.73. The van der Waals surface area contributed by atoms with Crippen LogP contribution in [0.1, 0.15) is 6.42 Å². The van der Waals surface area contributed by atoms with E-state index in [1.165, 1.54) is 0 Å². The molecule has 5 heterocycles. The Morgan fingerprint density at radius 1 is 1.00 bits per heavy atom. The quantitative estimate of drug-likeness (QED) is 0.492. The van der Waals surface area contributed by atoms with Gasteiger partial charge in [-0.25, -0.2) is 9.50 Å². The van der Waals surface area contributed by atoms with Crippen molar-refractivity contribution < 1.29 is 4.74 Å². The van der Waals surface area contributed by atoms with Gasteiger partial charge in [0.15, 0.2) is 0 Å². The Morgan fingerprint density at radius 2 is 1.93 bits per heavy atom. The number of anilines is 2. The summed E-state index contributed by atoms with van der Waals surface area (Å²) in [5.41, 5.74) is 3.88. The van der Waals surface area contributed by atoms with Crippen LogP contribution in [0.3, 0.4) is 0 Å². The summed E-state index contributed by atoms with van der Waals surface area (Å²) in [7, 11) is 0. The van der Waals surface area contributed by atoms with E-state index >= 15 is 0 Å². The van der Waals surface area contributed by atoms with Gasteiger partial charge in [0, 0.05) is 24.8 Å². The van der Waals surface area contributed by atoms with Crippen LogP contribution < -0.4 is 15.4 Å². The molecule has 0 atom stereocenters. The second-order valence-corrected chi connectivity index (χ2v) is 6.73. The number of benzene rings is 1. The van der Waals surface area contributed by atoms with Crippen LogP contribution in [0.25, 0.3) is 16.8 Å². The molecule has 0 amide bonds. The summed E-state index contributed by atoms with van der Waals surface area (Å²) >= 11 is 0. The molecule has 0 saturated carbocycles. The third-order valence-corrected chi connectivity index (χ3v) is 4.73. The lowest BCUT2D eigenvalue weighted by Gasteiger charge is -2.09. The van der Waals surface area contributed by atoms with Gasteiger partial charge in [0.2, 0.25) is 5.95 Å². The Labute approximate surface area is 162 Å². The standard InChI is InChI=1S/C20H21N7O/c1-8-21-9-11-28-18-5-2-15(3-6-18)19-7-4-17-13-22-20(25-27(17)19)24-16-12-23-26(10-1)14-16/h2-7,12-14,21H,1,8-11H2,(H,24,25). The van der Waals surface area contributed by atoms with E-state index in [0.717, 1.165) is 54.3 Å². The molecule has 0 aliphatic carbocycles. The maximum atomic E-state index is 5.82. The Hall–Kier alpha value is -3.39. The summed E-state index contributed by atoms with van der Waals surface area (Å²) in [6.07, 6.45) is 6.57. The number of rotatable bonds is 0. The van der Waals surface area contributed by atoms with Gasteiger partial charge in [-0.3, -0.25) is 4.68 Å². The predicted octanol–water partition coefficient (Wildman–Crippen LogP) is 2.71. The molecule has 6 rings (SSSR count). The van der Waals surface area contributed by atoms with Crippen molar-refractivity contribution >= 4 is 17.2 Å². The van der Waals surface area contributed by atoms with E-state index in [9.17, 15) is 0 Å². The van der Waals surface area contributed by atoms with Crippen molar-refractivity contribution in [3.05, 3.63) is 55.0 Å². The van der Waals surface area contributed by atoms with Gasteiger partial charge in [-0.15, -0.1) is 5.10 Å². The van der Waals surface area contributed by atoms with Crippen LogP contribution in [0.4, 0.5) is 11.6 Å². The first kappa shape index (κ1) is 16.8. The van der Waals surface area contributed by atoms with Crippen molar-refractivity contribution in [2.75, 3.05) is 25.0 Å². The molecule has 0 saturated heterocycles. The average Bonchev–Trinajstić information content (AvgIpc) is 3.34. The van der Waals surface area contributed by atoms with Crippen LogP contribution >= 0.6 is 0 Å². The van der Waals surface area contributed by atoms with Gasteiger partial charge in [-0.1, -0.05) is 0 Å². The van der Waals surface area contributed by atoms with E-state index in [0.29, 0.717) is 12.6 Å². The van der Waals surface area contributed by atoms with Crippen molar-refractivity contribution in [3.8, 4) is 17.0 Å². The molecule has 0 fully saturated rings. The van der Waals surface area contributed by atoms with Crippen molar-refractivity contribution in [2.24, 2.45) is 0 Å². The maximum Gasteiger partial charge on any atom is 0.245 e. The van der Waals surface area contributed by atoms with Crippen LogP contribution in [0, 0.1) is 0 Å². The van der Waals surface area contributed by atoms with Crippen molar-refractivity contribution in [3.63, 3.8) is 0 Å². The zero-order valence-electron chi connectivity index (χ0n) is 15.4. The molecular formula is C20H21N7O. The van der Waals surface area contributed by atoms with Gasteiger partial charge >= 0.3 is 0 Å². The van der Waals surface area contributed by atoms with E-state index in [4.69, 9.17) is 4.74 Å². The summed E-state index contributed by atoms with van der Waals surface area (Å²) in [5, 5.41) is 15.7. The molecular weight excluding hydrogens is 354 g/mol. The predicted molar refractivity (Wildman–Crippen MR) is 107 cm³/mol. The molecule has 2 aliphatic heterocycles. The molecule has 8 nitrogen and oxygen atoms in total. The highest BCUT2D eigenvalue weighted by molar-refractivity contribution is 5.67. The van der Waals surface area contributed by atoms with Gasteiger partial charge in [0.25, 0.3) is 0 Å². The molecule has 0 unspecified atom stereocenters. The lowest BCUT2D eigenvalue weighted by molar-refractivity contribution is 0.313. The third kappa shape index (κ3) is 3.41. The summed E-state index contributed by atoms with van der Waals surface area (Å²) in [6, 6.07) is 12.2. The second-order valence-electron chi connectivity index (χ2n) is 6.73. The Bertz CT molecular complexity index is 1080. The number of fused-ring (bicyclic) bond motifs is 8. The smallest absolute Gasteiger partial charge is 0.245 e. The van der Waals surface area contributed by atoms with Crippen LogP contribution in [0.15, 0.2) is 55.0 Å². The lowest BCUT2D eigenvalue weighted by Crippen LogP contribution is -2.23. The molecule has 0 spiro atoms. The fourth-order valence-electron chi connectivity index (χ4n) is 3.31. The zero-order valence-corrected chi connectivity index (χ0v) is 15.4. The maximum absolute atomic E-state index is 5.82. The van der Waals surface area contributed by atoms with Gasteiger partial charge in [0.05, 0.1) is 29.3 Å². The molecule has 6 bridgehead atoms. The first-order valence-electron chi connectivity index (χ1n) is 9.43. The van der Waals surface area contributed by atoms with E-state index in [-0.39, 0.29) is 0 Å². The highest BCUT2D eigenvalue weighted by atomic mass is 16.5. The zero-order chi connectivity index (χ0) is 18.8. The van der Waals surface area contributed by atoms with E-state index < -0.39 is 0 Å². The highest BCUT2D eigenvalue weighted by Gasteiger charge is 2.09. The van der Waals surface area contributed by atoms with Gasteiger partial charge in [0.1, 0.15) is 12.4 Å². The Morgan fingerprint density at radius 3 is 2.86 bits per heavy atom. The summed E-state index contributed by atoms with van der Waals surface area (Å²) in [6.45, 7) is 3.22. The van der Waals surface area contributed by atoms with Crippen molar-refractivity contribution in [1.82, 2.24) is 29.7 Å². The van der Waals surface area contributed by atoms with E-state index in [1.54, 1.807) is 6.20 Å². The molecule has 28 heavy (non-hydrogen) atoms. The number of hydrogen-bond acceptors (Lipinski definition) is 6. The van der Waals surface area contributed by atoms with Crippen LogP contribution in [-0.2, 0) is 6.54 Å².